The maximum atomic E-state index is 11.8. The van der Waals surface area contributed by atoms with Gasteiger partial charge in [-0.05, 0) is 25.0 Å². The minimum absolute atomic E-state index is 0. The first-order valence-corrected chi connectivity index (χ1v) is 14.9. The van der Waals surface area contributed by atoms with Crippen LogP contribution in [0.3, 0.4) is 0 Å². The monoisotopic (exact) mass is 802 g/mol. The summed E-state index contributed by atoms with van der Waals surface area (Å²) in [4.78, 5) is 51.4. The number of fused-ring (bicyclic) bond motifs is 1. The van der Waals surface area contributed by atoms with E-state index in [-0.39, 0.29) is 74.5 Å². The van der Waals surface area contributed by atoms with Crippen molar-refractivity contribution < 1.29 is 87.6 Å². The summed E-state index contributed by atoms with van der Waals surface area (Å²) in [5.41, 5.74) is -0.851. The molecule has 1 aromatic carbocycles. The average Bonchev–Trinajstić information content (AvgIpc) is 3.29. The minimum Gasteiger partial charge on any atom is -0.508 e. The first-order chi connectivity index (χ1) is 19.5. The Morgan fingerprint density at radius 2 is 1.60 bits per heavy atom. The zero-order valence-corrected chi connectivity index (χ0v) is 30.2. The van der Waals surface area contributed by atoms with Gasteiger partial charge in [0.2, 0.25) is 0 Å². The molecule has 4 rings (SSSR count). The van der Waals surface area contributed by atoms with Crippen LogP contribution in [0.2, 0.25) is 0 Å². The summed E-state index contributed by atoms with van der Waals surface area (Å²) in [5.74, 6) is -2.37. The Morgan fingerprint density at radius 3 is 2.19 bits per heavy atom. The Kier molecular flexibility index (Phi) is 12.5. The van der Waals surface area contributed by atoms with Crippen LogP contribution in [0, 0.1) is 54.9 Å². The number of hydrogen-bond donors (Lipinski definition) is 1. The number of carbonyl (C=O) groups excluding carboxylic acids is 3. The molecule has 3 heterocycles. The Labute approximate surface area is 284 Å². The van der Waals surface area contributed by atoms with Crippen molar-refractivity contribution in [1.82, 2.24) is 5.06 Å². The molecule has 0 aliphatic carbocycles. The van der Waals surface area contributed by atoms with E-state index in [1.807, 2.05) is 6.07 Å². The third kappa shape index (κ3) is 7.07. The van der Waals surface area contributed by atoms with Crippen molar-refractivity contribution in [3.63, 3.8) is 0 Å². The molecule has 0 saturated carbocycles. The molecule has 3 aliphatic heterocycles. The van der Waals surface area contributed by atoms with E-state index in [9.17, 15) is 19.5 Å². The quantitative estimate of drug-likeness (QED) is 0.132. The van der Waals surface area contributed by atoms with Gasteiger partial charge in [0.05, 0.1) is 13.2 Å². The van der Waals surface area contributed by atoms with E-state index in [0.29, 0.717) is 31.3 Å². The van der Waals surface area contributed by atoms with Gasteiger partial charge in [0, 0.05) is 86.3 Å². The molecule has 3 saturated heterocycles. The number of unbranched alkanes of at least 4 members (excludes halogenated alkanes) is 7. The molecule has 0 spiro atoms. The van der Waals surface area contributed by atoms with Crippen molar-refractivity contribution in [1.29, 1.82) is 0 Å². The fourth-order valence-corrected chi connectivity index (χ4v) is 6.56. The van der Waals surface area contributed by atoms with Crippen LogP contribution in [-0.4, -0.2) is 53.4 Å². The molecule has 0 bridgehead atoms. The van der Waals surface area contributed by atoms with Gasteiger partial charge < -0.3 is 19.4 Å². The van der Waals surface area contributed by atoms with Gasteiger partial charge in [-0.25, -0.2) is 9.68 Å². The number of amides is 2. The summed E-state index contributed by atoms with van der Waals surface area (Å²) >= 11 is 0. The predicted molar refractivity (Wildman–Crippen MR) is 148 cm³/mol. The van der Waals surface area contributed by atoms with Crippen LogP contribution >= 0.6 is 0 Å². The largest absolute Gasteiger partial charge is 0.508 e. The molecule has 1 N–H and O–H groups in total. The number of hydroxylamine groups is 2. The number of benzene rings is 1. The zero-order valence-electron chi connectivity index (χ0n) is 25.4. The molecule has 2 unspecified atom stereocenters. The summed E-state index contributed by atoms with van der Waals surface area (Å²) < 4.78 is 12.4. The predicted octanol–water partition coefficient (Wildman–Crippen LogP) is 5.46. The van der Waals surface area contributed by atoms with E-state index in [0.717, 1.165) is 50.5 Å². The second-order valence-electron chi connectivity index (χ2n) is 12.7. The van der Waals surface area contributed by atoms with Gasteiger partial charge in [-0.15, -0.1) is 5.06 Å². The van der Waals surface area contributed by atoms with Crippen molar-refractivity contribution >= 4 is 17.8 Å². The van der Waals surface area contributed by atoms with Crippen LogP contribution in [0.4, 0.5) is 0 Å². The number of phenols is 1. The Bertz CT molecular complexity index is 1090. The smallest absolute Gasteiger partial charge is 0.333 e. The first kappa shape index (κ1) is 35.4. The molecule has 42 heavy (non-hydrogen) atoms. The molecule has 1 aromatic rings. The molecule has 10 nitrogen and oxygen atoms in total. The maximum Gasteiger partial charge on any atom is 0.333 e. The van der Waals surface area contributed by atoms with Crippen molar-refractivity contribution in [2.24, 2.45) is 10.8 Å². The molecular formula is C31H45AcNO9. The Morgan fingerprint density at radius 1 is 0.976 bits per heavy atom. The van der Waals surface area contributed by atoms with Crippen LogP contribution < -0.4 is 0 Å². The number of imide groups is 1. The van der Waals surface area contributed by atoms with Crippen LogP contribution in [-0.2, 0) is 44.3 Å². The number of nitrogens with zero attached hydrogens (tertiary/aromatic N) is 1. The molecule has 231 valence electrons. The van der Waals surface area contributed by atoms with Gasteiger partial charge in [-0.2, -0.15) is 4.89 Å². The molecule has 3 fully saturated rings. The maximum absolute atomic E-state index is 11.8. The van der Waals surface area contributed by atoms with E-state index < -0.39 is 34.6 Å². The summed E-state index contributed by atoms with van der Waals surface area (Å²) in [6.45, 7) is 10.1. The van der Waals surface area contributed by atoms with Crippen molar-refractivity contribution in [3.05, 3.63) is 29.8 Å². The van der Waals surface area contributed by atoms with Crippen LogP contribution in [0.15, 0.2) is 24.3 Å². The zero-order chi connectivity index (χ0) is 29.7. The van der Waals surface area contributed by atoms with Gasteiger partial charge in [-0.3, -0.25) is 9.59 Å². The van der Waals surface area contributed by atoms with E-state index >= 15 is 0 Å². The van der Waals surface area contributed by atoms with Crippen LogP contribution in [0.25, 0.3) is 0 Å². The molecule has 0 aromatic heterocycles. The van der Waals surface area contributed by atoms with E-state index in [4.69, 9.17) is 24.1 Å². The number of aromatic hydroxyl groups is 1. The number of ether oxygens (including phenoxy) is 2. The van der Waals surface area contributed by atoms with Gasteiger partial charge in [0.1, 0.15) is 5.75 Å². The summed E-state index contributed by atoms with van der Waals surface area (Å²) in [5, 5.41) is 10.7. The molecule has 2 atom stereocenters. The molecule has 3 aliphatic rings. The summed E-state index contributed by atoms with van der Waals surface area (Å²) in [7, 11) is 0. The molecule has 1 radical (unpaired) electrons. The van der Waals surface area contributed by atoms with Crippen molar-refractivity contribution in [2.45, 2.75) is 110 Å². The molecule has 11 heteroatoms. The first-order valence-electron chi connectivity index (χ1n) is 14.9. The van der Waals surface area contributed by atoms with Crippen molar-refractivity contribution in [2.75, 3.05) is 19.8 Å². The number of hydrogen-bond acceptors (Lipinski definition) is 9. The fraction of sp³-hybridized carbons (Fsp3) is 0.710. The van der Waals surface area contributed by atoms with Gasteiger partial charge in [-0.1, -0.05) is 78.4 Å². The number of phenolic OH excluding ortho intramolecular Hbond substituents is 1. The fourth-order valence-electron chi connectivity index (χ4n) is 6.56. The van der Waals surface area contributed by atoms with Gasteiger partial charge in [0.15, 0.2) is 5.60 Å². The summed E-state index contributed by atoms with van der Waals surface area (Å²) in [6, 6.07) is 6.97. The van der Waals surface area contributed by atoms with Gasteiger partial charge in [0.25, 0.3) is 17.6 Å². The average molecular weight is 803 g/mol. The van der Waals surface area contributed by atoms with Crippen LogP contribution in [0.5, 0.6) is 5.75 Å². The number of carbonyl (C=O) groups is 3. The van der Waals surface area contributed by atoms with Gasteiger partial charge >= 0.3 is 5.97 Å². The third-order valence-corrected chi connectivity index (χ3v) is 8.60. The summed E-state index contributed by atoms with van der Waals surface area (Å²) in [6.07, 6.45) is 8.44. The second-order valence-corrected chi connectivity index (χ2v) is 12.7. The third-order valence-electron chi connectivity index (χ3n) is 8.60. The number of rotatable bonds is 16. The van der Waals surface area contributed by atoms with E-state index in [1.165, 1.54) is 0 Å². The Balaban J connectivity index is 0.00000484. The molecular weight excluding hydrogens is 757 g/mol. The van der Waals surface area contributed by atoms with E-state index in [1.54, 1.807) is 18.2 Å². The molecule has 2 amide bonds. The Hall–Kier alpha value is -1.09. The van der Waals surface area contributed by atoms with Crippen LogP contribution in [0.1, 0.15) is 104 Å². The normalized spacial score (nSPS) is 24.7. The van der Waals surface area contributed by atoms with Crippen molar-refractivity contribution in [3.8, 4) is 5.75 Å². The second kappa shape index (κ2) is 14.8. The topological polar surface area (TPSA) is 121 Å². The SMILES string of the molecule is CC(C)(COCCCCCCCCCCC(=O)ON1C(=O)CCC1=O)C12OOC1(c1cccc(O)c1)OCC2(C)C.[Ac]. The minimum atomic E-state index is -1.10. The standard InChI is InChI=1S/C31H45NO9.Ac/c1-28(2,31-29(3,4)22-38-30(31,40-41-31)23-14-13-15-24(33)20-23)21-37-19-12-10-8-6-5-7-9-11-16-27(36)39-32-25(34)17-18-26(32)35;/h13-15,20,33H,5-12,16-19,21-22H2,1-4H3;. The van der Waals surface area contributed by atoms with E-state index in [2.05, 4.69) is 27.7 Å².